The van der Waals surface area contributed by atoms with Gasteiger partial charge in [-0.2, -0.15) is 0 Å². The van der Waals surface area contributed by atoms with E-state index in [9.17, 15) is 4.79 Å². The predicted octanol–water partition coefficient (Wildman–Crippen LogP) is 1.44. The van der Waals surface area contributed by atoms with Crippen molar-refractivity contribution in [3.05, 3.63) is 29.3 Å². The average molecular weight is 251 g/mol. The van der Waals surface area contributed by atoms with Gasteiger partial charge in [-0.05, 0) is 38.5 Å². The maximum absolute atomic E-state index is 12.2. The van der Waals surface area contributed by atoms with E-state index in [4.69, 9.17) is 10.6 Å². The molecule has 1 rings (SSSR count). The van der Waals surface area contributed by atoms with Crippen molar-refractivity contribution >= 4 is 11.6 Å². The molecule has 0 atom stereocenters. The van der Waals surface area contributed by atoms with E-state index in [1.165, 1.54) is 0 Å². The van der Waals surface area contributed by atoms with Crippen molar-refractivity contribution in [2.24, 2.45) is 5.84 Å². The predicted molar refractivity (Wildman–Crippen MR) is 72.4 cm³/mol. The number of methoxy groups -OCH3 is 1. The molecule has 18 heavy (non-hydrogen) atoms. The number of benzene rings is 1. The van der Waals surface area contributed by atoms with E-state index in [1.807, 2.05) is 32.9 Å². The number of anilines is 1. The minimum Gasteiger partial charge on any atom is -0.382 e. The molecule has 0 spiro atoms. The molecule has 0 aliphatic rings. The molecule has 0 aliphatic heterocycles. The summed E-state index contributed by atoms with van der Waals surface area (Å²) < 4.78 is 5.06. The highest BCUT2D eigenvalue weighted by molar-refractivity contribution is 6.00. The summed E-state index contributed by atoms with van der Waals surface area (Å²) in [7, 11) is 1.60. The third-order valence-electron chi connectivity index (χ3n) is 2.53. The van der Waals surface area contributed by atoms with Crippen LogP contribution in [-0.2, 0) is 4.74 Å². The highest BCUT2D eigenvalue weighted by Crippen LogP contribution is 2.17. The van der Waals surface area contributed by atoms with E-state index in [1.54, 1.807) is 13.2 Å². The number of hydrazine groups is 1. The van der Waals surface area contributed by atoms with Crippen LogP contribution in [0.3, 0.4) is 0 Å². The molecule has 5 nitrogen and oxygen atoms in total. The SMILES string of the molecule is COCC(C)(C)NC(=O)c1ccc(C)cc1NN. The molecule has 1 aromatic carbocycles. The van der Waals surface area contributed by atoms with Gasteiger partial charge in [-0.25, -0.2) is 0 Å². The van der Waals surface area contributed by atoms with Gasteiger partial charge in [0.15, 0.2) is 0 Å². The van der Waals surface area contributed by atoms with Crippen LogP contribution in [0.2, 0.25) is 0 Å². The zero-order chi connectivity index (χ0) is 13.8. The standard InChI is InChI=1S/C13H21N3O2/c1-9-5-6-10(11(7-9)16-14)12(17)15-13(2,3)8-18-4/h5-7,16H,8,14H2,1-4H3,(H,15,17). The van der Waals surface area contributed by atoms with Crippen molar-refractivity contribution in [1.29, 1.82) is 0 Å². The lowest BCUT2D eigenvalue weighted by Gasteiger charge is -2.25. The monoisotopic (exact) mass is 251 g/mol. The summed E-state index contributed by atoms with van der Waals surface area (Å²) in [6, 6.07) is 5.46. The van der Waals surface area contributed by atoms with Crippen LogP contribution in [0.5, 0.6) is 0 Å². The van der Waals surface area contributed by atoms with Crippen molar-refractivity contribution < 1.29 is 9.53 Å². The Morgan fingerprint density at radius 2 is 2.11 bits per heavy atom. The van der Waals surface area contributed by atoms with Crippen LogP contribution >= 0.6 is 0 Å². The third kappa shape index (κ3) is 3.72. The van der Waals surface area contributed by atoms with Crippen molar-refractivity contribution in [1.82, 2.24) is 5.32 Å². The first-order chi connectivity index (χ1) is 8.39. The Kier molecular flexibility index (Phi) is 4.69. The third-order valence-corrected chi connectivity index (χ3v) is 2.53. The number of carbonyl (C=O) groups is 1. The smallest absolute Gasteiger partial charge is 0.253 e. The first-order valence-corrected chi connectivity index (χ1v) is 5.78. The highest BCUT2D eigenvalue weighted by Gasteiger charge is 2.22. The van der Waals surface area contributed by atoms with Crippen LogP contribution in [0.25, 0.3) is 0 Å². The van der Waals surface area contributed by atoms with Crippen molar-refractivity contribution in [3.63, 3.8) is 0 Å². The van der Waals surface area contributed by atoms with Crippen LogP contribution < -0.4 is 16.6 Å². The summed E-state index contributed by atoms with van der Waals surface area (Å²) in [5.41, 5.74) is 4.29. The summed E-state index contributed by atoms with van der Waals surface area (Å²) in [6.45, 7) is 6.18. The van der Waals surface area contributed by atoms with Gasteiger partial charge in [-0.1, -0.05) is 6.07 Å². The van der Waals surface area contributed by atoms with Gasteiger partial charge in [0.25, 0.3) is 5.91 Å². The zero-order valence-electron chi connectivity index (χ0n) is 11.3. The maximum atomic E-state index is 12.2. The fourth-order valence-corrected chi connectivity index (χ4v) is 1.75. The second-order valence-corrected chi connectivity index (χ2v) is 4.96. The lowest BCUT2D eigenvalue weighted by atomic mass is 10.0. The number of amides is 1. The Balaban J connectivity index is 2.91. The fraction of sp³-hybridized carbons (Fsp3) is 0.462. The number of aryl methyl sites for hydroxylation is 1. The summed E-state index contributed by atoms with van der Waals surface area (Å²) in [5.74, 6) is 5.25. The minimum atomic E-state index is -0.428. The zero-order valence-corrected chi connectivity index (χ0v) is 11.3. The second-order valence-electron chi connectivity index (χ2n) is 4.96. The number of nitrogens with one attached hydrogen (secondary N) is 2. The van der Waals surface area contributed by atoms with Gasteiger partial charge in [-0.15, -0.1) is 0 Å². The first kappa shape index (κ1) is 14.5. The van der Waals surface area contributed by atoms with E-state index in [0.717, 1.165) is 5.56 Å². The van der Waals surface area contributed by atoms with Gasteiger partial charge >= 0.3 is 0 Å². The first-order valence-electron chi connectivity index (χ1n) is 5.78. The molecule has 0 radical (unpaired) electrons. The highest BCUT2D eigenvalue weighted by atomic mass is 16.5. The summed E-state index contributed by atoms with van der Waals surface area (Å²) in [4.78, 5) is 12.2. The molecule has 1 aromatic rings. The van der Waals surface area contributed by atoms with E-state index >= 15 is 0 Å². The number of hydrogen-bond donors (Lipinski definition) is 3. The summed E-state index contributed by atoms with van der Waals surface area (Å²) in [6.07, 6.45) is 0. The quantitative estimate of drug-likeness (QED) is 0.546. The van der Waals surface area contributed by atoms with Gasteiger partial charge in [0.05, 0.1) is 23.4 Å². The number of nitrogens with two attached hydrogens (primary N) is 1. The van der Waals surface area contributed by atoms with Crippen LogP contribution in [0, 0.1) is 6.92 Å². The molecule has 4 N–H and O–H groups in total. The minimum absolute atomic E-state index is 0.176. The van der Waals surface area contributed by atoms with Gasteiger partial charge < -0.3 is 15.5 Å². The largest absolute Gasteiger partial charge is 0.382 e. The molecule has 0 bridgehead atoms. The Morgan fingerprint density at radius 1 is 1.44 bits per heavy atom. The Bertz CT molecular complexity index is 430. The second kappa shape index (κ2) is 5.84. The molecule has 0 aromatic heterocycles. The average Bonchev–Trinajstić information content (AvgIpc) is 2.27. The number of carbonyl (C=O) groups excluding carboxylic acids is 1. The molecule has 100 valence electrons. The van der Waals surface area contributed by atoms with Crippen molar-refractivity contribution in [2.75, 3.05) is 19.1 Å². The number of ether oxygens (including phenoxy) is 1. The lowest BCUT2D eigenvalue weighted by molar-refractivity contribution is 0.0820. The number of rotatable bonds is 5. The Hall–Kier alpha value is -1.59. The van der Waals surface area contributed by atoms with Gasteiger partial charge in [0, 0.05) is 7.11 Å². The Labute approximate surface area is 108 Å². The lowest BCUT2D eigenvalue weighted by Crippen LogP contribution is -2.47. The van der Waals surface area contributed by atoms with E-state index in [2.05, 4.69) is 10.7 Å². The molecule has 0 heterocycles. The van der Waals surface area contributed by atoms with Crippen LogP contribution in [0.1, 0.15) is 29.8 Å². The molecule has 5 heteroatoms. The normalized spacial score (nSPS) is 11.2. The molecular weight excluding hydrogens is 230 g/mol. The topological polar surface area (TPSA) is 76.4 Å². The van der Waals surface area contributed by atoms with E-state index in [0.29, 0.717) is 17.9 Å². The van der Waals surface area contributed by atoms with E-state index < -0.39 is 5.54 Å². The van der Waals surface area contributed by atoms with Gasteiger partial charge in [0.2, 0.25) is 0 Å². The van der Waals surface area contributed by atoms with Crippen molar-refractivity contribution in [3.8, 4) is 0 Å². The number of hydrogen-bond acceptors (Lipinski definition) is 4. The van der Waals surface area contributed by atoms with Crippen LogP contribution in [0.4, 0.5) is 5.69 Å². The maximum Gasteiger partial charge on any atom is 0.253 e. The van der Waals surface area contributed by atoms with Gasteiger partial charge in [0.1, 0.15) is 0 Å². The number of nitrogen functional groups attached to an aromatic ring is 1. The van der Waals surface area contributed by atoms with Crippen LogP contribution in [-0.4, -0.2) is 25.2 Å². The summed E-state index contributed by atoms with van der Waals surface area (Å²) in [5, 5.41) is 2.91. The van der Waals surface area contributed by atoms with Crippen molar-refractivity contribution in [2.45, 2.75) is 26.3 Å². The molecular formula is C13H21N3O2. The van der Waals surface area contributed by atoms with Crippen LogP contribution in [0.15, 0.2) is 18.2 Å². The molecule has 0 aliphatic carbocycles. The summed E-state index contributed by atoms with van der Waals surface area (Å²) >= 11 is 0. The van der Waals surface area contributed by atoms with E-state index in [-0.39, 0.29) is 5.91 Å². The molecule has 1 amide bonds. The molecule has 0 saturated carbocycles. The molecule has 0 fully saturated rings. The Morgan fingerprint density at radius 3 is 2.67 bits per heavy atom. The fourth-order valence-electron chi connectivity index (χ4n) is 1.75. The molecule has 0 saturated heterocycles. The van der Waals surface area contributed by atoms with Gasteiger partial charge in [-0.3, -0.25) is 10.6 Å². The molecule has 0 unspecified atom stereocenters.